The van der Waals surface area contributed by atoms with E-state index in [-0.39, 0.29) is 12.1 Å². The average Bonchev–Trinajstić information content (AvgIpc) is 3.51. The minimum absolute atomic E-state index is 0.107. The number of piperidine rings is 1. The van der Waals surface area contributed by atoms with Crippen molar-refractivity contribution in [2.75, 3.05) is 13.1 Å². The van der Waals surface area contributed by atoms with Gasteiger partial charge in [-0.15, -0.1) is 5.10 Å². The number of pyridine rings is 1. The number of amides is 1. The van der Waals surface area contributed by atoms with Gasteiger partial charge in [0.1, 0.15) is 34.8 Å². The van der Waals surface area contributed by atoms with E-state index in [0.717, 1.165) is 29.8 Å². The third kappa shape index (κ3) is 5.45. The molecule has 1 fully saturated rings. The largest absolute Gasteiger partial charge is 0.469 e. The van der Waals surface area contributed by atoms with E-state index in [1.807, 2.05) is 58.4 Å². The molecular weight excluding hydrogens is 510 g/mol. The molecule has 12 nitrogen and oxygen atoms in total. The Balaban J connectivity index is 1.41. The highest BCUT2D eigenvalue weighted by Gasteiger charge is 2.29. The maximum atomic E-state index is 12.5. The highest BCUT2D eigenvalue weighted by Crippen LogP contribution is 2.32. The lowest BCUT2D eigenvalue weighted by molar-refractivity contribution is 0.0183. The topological polar surface area (TPSA) is 136 Å². The summed E-state index contributed by atoms with van der Waals surface area (Å²) in [5.41, 5.74) is 4.23. The average molecular weight is 544 g/mol. The molecule has 1 aliphatic heterocycles. The Hall–Kier alpha value is -4.53. The van der Waals surface area contributed by atoms with E-state index in [9.17, 15) is 10.1 Å². The second-order valence-corrected chi connectivity index (χ2v) is 11.0. The zero-order valence-electron chi connectivity index (χ0n) is 23.6. The smallest absolute Gasteiger partial charge is 0.410 e. The number of aromatic nitrogens is 7. The molecule has 0 saturated carbocycles. The summed E-state index contributed by atoms with van der Waals surface area (Å²) < 4.78 is 15.5. The van der Waals surface area contributed by atoms with Gasteiger partial charge in [-0.05, 0) is 60.5 Å². The number of fused-ring (bicyclic) bond motifs is 1. The number of nitriles is 1. The van der Waals surface area contributed by atoms with Gasteiger partial charge in [-0.2, -0.15) is 5.26 Å². The van der Waals surface area contributed by atoms with Crippen LogP contribution in [0.1, 0.15) is 75.5 Å². The minimum atomic E-state index is -0.525. The number of rotatable bonds is 5. The van der Waals surface area contributed by atoms with E-state index in [4.69, 9.17) is 9.47 Å². The van der Waals surface area contributed by atoms with E-state index in [2.05, 4.69) is 31.3 Å². The molecule has 4 aromatic rings. The quantitative estimate of drug-likeness (QED) is 0.354. The third-order valence-electron chi connectivity index (χ3n) is 6.84. The first-order valence-corrected chi connectivity index (χ1v) is 13.3. The lowest BCUT2D eigenvalue weighted by Gasteiger charge is -2.33. The van der Waals surface area contributed by atoms with Gasteiger partial charge >= 0.3 is 6.09 Å². The van der Waals surface area contributed by atoms with Crippen LogP contribution in [0.25, 0.3) is 16.9 Å². The zero-order valence-corrected chi connectivity index (χ0v) is 23.6. The number of nitrogens with zero attached hydrogens (tertiary/aromatic N) is 9. The Morgan fingerprint density at radius 3 is 2.58 bits per heavy atom. The Bertz CT molecular complexity index is 1590. The molecule has 4 aromatic heterocycles. The lowest BCUT2D eigenvalue weighted by atomic mass is 10.0. The molecule has 5 heterocycles. The van der Waals surface area contributed by atoms with Crippen molar-refractivity contribution >= 4 is 11.7 Å². The summed E-state index contributed by atoms with van der Waals surface area (Å²) in [5, 5.41) is 18.7. The molecule has 208 valence electrons. The molecule has 1 amide bonds. The second kappa shape index (κ2) is 10.6. The maximum Gasteiger partial charge on any atom is 0.410 e. The van der Waals surface area contributed by atoms with Crippen LogP contribution in [0.5, 0.6) is 5.88 Å². The number of hydrogen-bond donors (Lipinski definition) is 0. The van der Waals surface area contributed by atoms with Gasteiger partial charge in [0.05, 0.1) is 35.5 Å². The Morgan fingerprint density at radius 2 is 1.90 bits per heavy atom. The summed E-state index contributed by atoms with van der Waals surface area (Å²) in [7, 11) is 0. The van der Waals surface area contributed by atoms with Crippen molar-refractivity contribution in [1.82, 2.24) is 39.2 Å². The molecule has 40 heavy (non-hydrogen) atoms. The predicted molar refractivity (Wildman–Crippen MR) is 146 cm³/mol. The molecule has 0 bridgehead atoms. The molecule has 1 atom stereocenters. The Kier molecular flexibility index (Phi) is 7.14. The summed E-state index contributed by atoms with van der Waals surface area (Å²) in [5.74, 6) is 0.442. The van der Waals surface area contributed by atoms with Crippen molar-refractivity contribution in [3.8, 4) is 23.2 Å². The monoisotopic (exact) mass is 543 g/mol. The van der Waals surface area contributed by atoms with Crippen LogP contribution in [-0.2, 0) is 4.74 Å². The van der Waals surface area contributed by atoms with E-state index >= 15 is 0 Å². The number of aryl methyl sites for hydroxylation is 1. The molecule has 1 aliphatic rings. The molecule has 1 saturated heterocycles. The van der Waals surface area contributed by atoms with E-state index in [0.29, 0.717) is 41.7 Å². The summed E-state index contributed by atoms with van der Waals surface area (Å²) >= 11 is 0. The number of ether oxygens (including phenoxy) is 2. The van der Waals surface area contributed by atoms with Crippen molar-refractivity contribution in [1.29, 1.82) is 5.26 Å². The normalized spacial score (nSPS) is 15.2. The fourth-order valence-electron chi connectivity index (χ4n) is 4.87. The summed E-state index contributed by atoms with van der Waals surface area (Å²) in [6.07, 6.45) is 5.66. The van der Waals surface area contributed by atoms with Gasteiger partial charge in [-0.1, -0.05) is 5.21 Å². The molecule has 0 spiro atoms. The van der Waals surface area contributed by atoms with Gasteiger partial charge in [-0.3, -0.25) is 14.4 Å². The summed E-state index contributed by atoms with van der Waals surface area (Å²) in [6.45, 7) is 12.5. The molecule has 0 N–H and O–H groups in total. The van der Waals surface area contributed by atoms with Crippen molar-refractivity contribution in [2.24, 2.45) is 0 Å². The van der Waals surface area contributed by atoms with E-state index in [1.54, 1.807) is 21.7 Å². The van der Waals surface area contributed by atoms with Crippen molar-refractivity contribution in [3.05, 3.63) is 53.5 Å². The van der Waals surface area contributed by atoms with Crippen LogP contribution in [0.15, 0.2) is 30.7 Å². The van der Waals surface area contributed by atoms with E-state index in [1.165, 1.54) is 6.20 Å². The van der Waals surface area contributed by atoms with Gasteiger partial charge < -0.3 is 14.4 Å². The molecule has 0 radical (unpaired) electrons. The maximum absolute atomic E-state index is 12.5. The van der Waals surface area contributed by atoms with Gasteiger partial charge in [0.2, 0.25) is 5.88 Å². The van der Waals surface area contributed by atoms with Crippen LogP contribution in [0.3, 0.4) is 0 Å². The molecule has 12 heteroatoms. The van der Waals surface area contributed by atoms with Gasteiger partial charge in [0.25, 0.3) is 0 Å². The van der Waals surface area contributed by atoms with Crippen LogP contribution in [0, 0.1) is 25.2 Å². The Labute approximate surface area is 232 Å². The first kappa shape index (κ1) is 27.1. The van der Waals surface area contributed by atoms with E-state index < -0.39 is 11.7 Å². The van der Waals surface area contributed by atoms with Crippen LogP contribution in [-0.4, -0.2) is 64.0 Å². The highest BCUT2D eigenvalue weighted by atomic mass is 16.6. The van der Waals surface area contributed by atoms with Crippen LogP contribution in [0.2, 0.25) is 0 Å². The summed E-state index contributed by atoms with van der Waals surface area (Å²) in [6, 6.07) is 6.01. The van der Waals surface area contributed by atoms with Crippen molar-refractivity contribution < 1.29 is 14.3 Å². The molecule has 5 rings (SSSR count). The Morgan fingerprint density at radius 1 is 1.15 bits per heavy atom. The minimum Gasteiger partial charge on any atom is -0.469 e. The highest BCUT2D eigenvalue weighted by molar-refractivity contribution is 5.69. The molecule has 1 unspecified atom stereocenters. The fourth-order valence-corrected chi connectivity index (χ4v) is 4.87. The van der Waals surface area contributed by atoms with Gasteiger partial charge in [0, 0.05) is 30.9 Å². The summed E-state index contributed by atoms with van der Waals surface area (Å²) in [4.78, 5) is 27.4. The van der Waals surface area contributed by atoms with Crippen LogP contribution >= 0.6 is 0 Å². The standard InChI is InChI=1S/C28H33N9O3/c1-17-14-30-16-23(32-17)19(3)39-25-12-20(11-24-31-15-22(13-29)36(24)25)26-18(2)37(34-33-26)21-7-9-35(10-8-21)27(38)40-28(4,5)6/h11-12,14-16,19,21H,7-10H2,1-6H3. The second-order valence-electron chi connectivity index (χ2n) is 11.0. The number of imidazole rings is 1. The molecular formula is C28H33N9O3. The van der Waals surface area contributed by atoms with Crippen LogP contribution in [0.4, 0.5) is 4.79 Å². The number of hydrogen-bond acceptors (Lipinski definition) is 9. The SMILES string of the molecule is Cc1cncc(C(C)Oc2cc(-c3nnn(C4CCN(C(=O)OC(C)(C)C)CC4)c3C)cc3ncc(C#N)n23)n1. The predicted octanol–water partition coefficient (Wildman–Crippen LogP) is 4.58. The first-order valence-electron chi connectivity index (χ1n) is 13.3. The first-order chi connectivity index (χ1) is 19.0. The number of carbonyl (C=O) groups excluding carboxylic acids is 1. The van der Waals surface area contributed by atoms with Crippen LogP contribution < -0.4 is 4.74 Å². The van der Waals surface area contributed by atoms with Crippen molar-refractivity contribution in [3.63, 3.8) is 0 Å². The molecule has 0 aliphatic carbocycles. The third-order valence-corrected chi connectivity index (χ3v) is 6.84. The zero-order chi connectivity index (χ0) is 28.6. The number of likely N-dealkylation sites (tertiary alicyclic amines) is 1. The fraction of sp³-hybridized carbons (Fsp3) is 0.464. The number of carbonyl (C=O) groups is 1. The van der Waals surface area contributed by atoms with Gasteiger partial charge in [-0.25, -0.2) is 14.5 Å². The molecule has 0 aromatic carbocycles. The van der Waals surface area contributed by atoms with Gasteiger partial charge in [0.15, 0.2) is 0 Å². The van der Waals surface area contributed by atoms with Crippen molar-refractivity contribution in [2.45, 2.75) is 72.1 Å². The lowest BCUT2D eigenvalue weighted by Crippen LogP contribution is -2.42.